The first-order chi connectivity index (χ1) is 10.3. The van der Waals surface area contributed by atoms with Crippen LogP contribution in [0.4, 0.5) is 0 Å². The molecule has 3 nitrogen and oxygen atoms in total. The van der Waals surface area contributed by atoms with Gasteiger partial charge in [0.2, 0.25) is 0 Å². The molecule has 0 bridgehead atoms. The quantitative estimate of drug-likeness (QED) is 0.540. The third-order valence-corrected chi connectivity index (χ3v) is 5.43. The van der Waals surface area contributed by atoms with E-state index in [4.69, 9.17) is 9.47 Å². The topological polar surface area (TPSA) is 38.7 Å². The highest BCUT2D eigenvalue weighted by atomic mass is 16.7. The highest BCUT2D eigenvalue weighted by Gasteiger charge is 2.47. The van der Waals surface area contributed by atoms with Gasteiger partial charge in [0.15, 0.2) is 5.79 Å². The number of allylic oxidation sites excluding steroid dienone is 2. The Hall–Kier alpha value is -0.640. The van der Waals surface area contributed by atoms with Gasteiger partial charge in [-0.2, -0.15) is 0 Å². The van der Waals surface area contributed by atoms with E-state index in [-0.39, 0.29) is 17.9 Å². The molecule has 0 heterocycles. The molecule has 1 N–H and O–H groups in total. The van der Waals surface area contributed by atoms with Crippen molar-refractivity contribution in [3.05, 3.63) is 24.3 Å². The van der Waals surface area contributed by atoms with E-state index < -0.39 is 5.79 Å². The molecular weight excluding hydrogens is 276 g/mol. The molecule has 0 radical (unpaired) electrons. The van der Waals surface area contributed by atoms with Crippen LogP contribution in [0.25, 0.3) is 0 Å². The van der Waals surface area contributed by atoms with Crippen LogP contribution in [0.3, 0.4) is 0 Å². The maximum Gasteiger partial charge on any atom is 0.168 e. The van der Waals surface area contributed by atoms with E-state index in [0.717, 1.165) is 12.8 Å². The lowest BCUT2D eigenvalue weighted by atomic mass is 9.63. The van der Waals surface area contributed by atoms with Gasteiger partial charge in [-0.25, -0.2) is 0 Å². The van der Waals surface area contributed by atoms with Crippen molar-refractivity contribution in [1.29, 1.82) is 0 Å². The van der Waals surface area contributed by atoms with Gasteiger partial charge in [-0.3, -0.25) is 0 Å². The molecule has 0 aliphatic heterocycles. The minimum atomic E-state index is -0.636. The lowest BCUT2D eigenvalue weighted by Gasteiger charge is -2.48. The van der Waals surface area contributed by atoms with Crippen molar-refractivity contribution in [2.45, 2.75) is 58.8 Å². The minimum Gasteiger partial charge on any atom is -0.393 e. The molecule has 22 heavy (non-hydrogen) atoms. The standard InChI is InChI=1S/C19H34O3/c1-8-9-15(20)12-17-14(4)10-11-16(13(2)3)18(17)19(5,21-6)22-7/h8,10,13,15-18,20H,1,9,11-12H2,2-7H3/t15-,16-,17+,18-/m1/s1. The van der Waals surface area contributed by atoms with E-state index in [9.17, 15) is 5.11 Å². The van der Waals surface area contributed by atoms with Crippen LogP contribution in [-0.2, 0) is 9.47 Å². The monoisotopic (exact) mass is 310 g/mol. The van der Waals surface area contributed by atoms with Gasteiger partial charge >= 0.3 is 0 Å². The lowest BCUT2D eigenvalue weighted by Crippen LogP contribution is -2.50. The highest BCUT2D eigenvalue weighted by molar-refractivity contribution is 5.14. The summed E-state index contributed by atoms with van der Waals surface area (Å²) in [4.78, 5) is 0. The molecule has 1 aliphatic carbocycles. The number of hydrogen-bond donors (Lipinski definition) is 1. The summed E-state index contributed by atoms with van der Waals surface area (Å²) in [7, 11) is 3.43. The first-order valence-electron chi connectivity index (χ1n) is 8.36. The molecule has 0 spiro atoms. The van der Waals surface area contributed by atoms with Crippen molar-refractivity contribution in [3.63, 3.8) is 0 Å². The molecule has 0 unspecified atom stereocenters. The maximum absolute atomic E-state index is 10.3. The van der Waals surface area contributed by atoms with Gasteiger partial charge in [0, 0.05) is 20.1 Å². The second-order valence-electron chi connectivity index (χ2n) is 7.06. The van der Waals surface area contributed by atoms with Crippen LogP contribution < -0.4 is 0 Å². The number of ether oxygens (including phenoxy) is 2. The molecule has 0 saturated heterocycles. The number of hydrogen-bond acceptors (Lipinski definition) is 3. The van der Waals surface area contributed by atoms with Crippen LogP contribution in [0.1, 0.15) is 47.0 Å². The minimum absolute atomic E-state index is 0.229. The zero-order valence-corrected chi connectivity index (χ0v) is 15.1. The molecule has 0 fully saturated rings. The number of methoxy groups -OCH3 is 2. The summed E-state index contributed by atoms with van der Waals surface area (Å²) >= 11 is 0. The normalized spacial score (nSPS) is 27.6. The molecular formula is C19H34O3. The van der Waals surface area contributed by atoms with Crippen molar-refractivity contribution in [3.8, 4) is 0 Å². The Bertz CT molecular complexity index is 382. The Balaban J connectivity index is 3.17. The average Bonchev–Trinajstić information content (AvgIpc) is 2.48. The van der Waals surface area contributed by atoms with Crippen molar-refractivity contribution < 1.29 is 14.6 Å². The number of aliphatic hydroxyl groups is 1. The van der Waals surface area contributed by atoms with Crippen molar-refractivity contribution in [2.75, 3.05) is 14.2 Å². The summed E-state index contributed by atoms with van der Waals surface area (Å²) in [6, 6.07) is 0. The van der Waals surface area contributed by atoms with Gasteiger partial charge in [0.25, 0.3) is 0 Å². The van der Waals surface area contributed by atoms with Crippen LogP contribution in [0.2, 0.25) is 0 Å². The van der Waals surface area contributed by atoms with Crippen LogP contribution in [0, 0.1) is 23.7 Å². The van der Waals surface area contributed by atoms with Gasteiger partial charge in [0.1, 0.15) is 0 Å². The Morgan fingerprint density at radius 1 is 1.41 bits per heavy atom. The molecule has 0 aromatic rings. The fourth-order valence-electron chi connectivity index (χ4n) is 3.91. The zero-order valence-electron chi connectivity index (χ0n) is 15.1. The SMILES string of the molecule is C=CC[C@@H](O)C[C@H]1C(C)=CC[C@H](C(C)C)[C@H]1C(C)(OC)OC. The van der Waals surface area contributed by atoms with Crippen molar-refractivity contribution in [1.82, 2.24) is 0 Å². The van der Waals surface area contributed by atoms with Gasteiger partial charge in [-0.1, -0.05) is 31.6 Å². The smallest absolute Gasteiger partial charge is 0.168 e. The highest BCUT2D eigenvalue weighted by Crippen LogP contribution is 2.47. The van der Waals surface area contributed by atoms with Crippen LogP contribution in [-0.4, -0.2) is 31.2 Å². The third-order valence-electron chi connectivity index (χ3n) is 5.43. The van der Waals surface area contributed by atoms with E-state index >= 15 is 0 Å². The molecule has 0 aromatic heterocycles. The van der Waals surface area contributed by atoms with Crippen molar-refractivity contribution >= 4 is 0 Å². The predicted molar refractivity (Wildman–Crippen MR) is 91.5 cm³/mol. The Labute approximate surface area is 136 Å². The maximum atomic E-state index is 10.3. The van der Waals surface area contributed by atoms with E-state index in [1.807, 2.05) is 6.92 Å². The molecule has 1 aliphatic rings. The van der Waals surface area contributed by atoms with Crippen LogP contribution >= 0.6 is 0 Å². The summed E-state index contributed by atoms with van der Waals surface area (Å²) in [6.45, 7) is 12.4. The van der Waals surface area contributed by atoms with Gasteiger partial charge in [-0.05, 0) is 50.9 Å². The number of rotatable bonds is 8. The lowest BCUT2D eigenvalue weighted by molar-refractivity contribution is -0.251. The Morgan fingerprint density at radius 3 is 2.45 bits per heavy atom. The summed E-state index contributed by atoms with van der Waals surface area (Å²) in [5.41, 5.74) is 1.34. The molecule has 1 rings (SSSR count). The van der Waals surface area contributed by atoms with Gasteiger partial charge in [0.05, 0.1) is 6.10 Å². The van der Waals surface area contributed by atoms with Crippen LogP contribution in [0.5, 0.6) is 0 Å². The summed E-state index contributed by atoms with van der Waals surface area (Å²) in [5, 5.41) is 10.3. The van der Waals surface area contributed by atoms with E-state index in [0.29, 0.717) is 18.3 Å². The Morgan fingerprint density at radius 2 is 2.00 bits per heavy atom. The van der Waals surface area contributed by atoms with Crippen LogP contribution in [0.15, 0.2) is 24.3 Å². The summed E-state index contributed by atoms with van der Waals surface area (Å²) < 4.78 is 11.6. The van der Waals surface area contributed by atoms with Crippen molar-refractivity contribution in [2.24, 2.45) is 23.7 Å². The van der Waals surface area contributed by atoms with E-state index in [1.165, 1.54) is 5.57 Å². The average molecular weight is 310 g/mol. The second-order valence-corrected chi connectivity index (χ2v) is 7.06. The third kappa shape index (κ3) is 4.21. The molecule has 4 atom stereocenters. The van der Waals surface area contributed by atoms with E-state index in [1.54, 1.807) is 20.3 Å². The zero-order chi connectivity index (χ0) is 16.9. The molecule has 0 amide bonds. The largest absolute Gasteiger partial charge is 0.393 e. The van der Waals surface area contributed by atoms with Gasteiger partial charge in [-0.15, -0.1) is 6.58 Å². The molecule has 3 heteroatoms. The van der Waals surface area contributed by atoms with E-state index in [2.05, 4.69) is 33.4 Å². The molecule has 0 saturated carbocycles. The first-order valence-corrected chi connectivity index (χ1v) is 8.36. The Kier molecular flexibility index (Phi) is 7.30. The second kappa shape index (κ2) is 8.28. The number of aliphatic hydroxyl groups excluding tert-OH is 1. The summed E-state index contributed by atoms with van der Waals surface area (Å²) in [5.74, 6) is 0.878. The first kappa shape index (κ1) is 19.4. The fourth-order valence-corrected chi connectivity index (χ4v) is 3.91. The van der Waals surface area contributed by atoms with Gasteiger partial charge < -0.3 is 14.6 Å². The predicted octanol–water partition coefficient (Wildman–Crippen LogP) is 4.18. The molecule has 128 valence electrons. The summed E-state index contributed by atoms with van der Waals surface area (Å²) in [6.07, 6.45) is 6.15. The molecule has 0 aromatic carbocycles. The fraction of sp³-hybridized carbons (Fsp3) is 0.789.